The molecule has 0 aromatic heterocycles. The third kappa shape index (κ3) is 0.948. The van der Waals surface area contributed by atoms with E-state index in [9.17, 15) is 4.39 Å². The molecule has 0 radical (unpaired) electrons. The summed E-state index contributed by atoms with van der Waals surface area (Å²) in [5.74, 6) is 0.857. The number of hydrogen-bond donors (Lipinski definition) is 0. The van der Waals surface area contributed by atoms with Crippen LogP contribution in [0.5, 0.6) is 0 Å². The van der Waals surface area contributed by atoms with Crippen LogP contribution in [0.1, 0.15) is 0 Å². The minimum atomic E-state index is -0.870. The van der Waals surface area contributed by atoms with Crippen LogP contribution in [0.15, 0.2) is 0 Å². The van der Waals surface area contributed by atoms with E-state index in [1.54, 1.807) is 0 Å². The zero-order chi connectivity index (χ0) is 5.98. The van der Waals surface area contributed by atoms with Crippen LogP contribution in [-0.4, -0.2) is 17.7 Å². The van der Waals surface area contributed by atoms with E-state index in [1.165, 1.54) is 11.8 Å². The van der Waals surface area contributed by atoms with Crippen molar-refractivity contribution in [2.24, 2.45) is 5.92 Å². The lowest BCUT2D eigenvalue weighted by atomic mass is 10.1. The second-order valence-corrected chi connectivity index (χ2v) is 2.86. The number of rotatable bonds is 0. The van der Waals surface area contributed by atoms with Gasteiger partial charge in [0, 0.05) is 11.5 Å². The first kappa shape index (κ1) is 5.90. The summed E-state index contributed by atoms with van der Waals surface area (Å²) in [6.07, 6.45) is -0.870. The van der Waals surface area contributed by atoms with Gasteiger partial charge in [-0.1, -0.05) is 0 Å². The zero-order valence-electron chi connectivity index (χ0n) is 4.30. The van der Waals surface area contributed by atoms with E-state index in [2.05, 4.69) is 0 Å². The van der Waals surface area contributed by atoms with Gasteiger partial charge >= 0.3 is 0 Å². The van der Waals surface area contributed by atoms with Crippen molar-refractivity contribution in [1.82, 2.24) is 0 Å². The number of halogens is 1. The fourth-order valence-corrected chi connectivity index (χ4v) is 1.78. The van der Waals surface area contributed by atoms with Gasteiger partial charge in [-0.3, -0.25) is 0 Å². The Morgan fingerprint density at radius 2 is 2.38 bits per heavy atom. The second kappa shape index (κ2) is 2.36. The van der Waals surface area contributed by atoms with Crippen molar-refractivity contribution in [3.8, 4) is 6.07 Å². The first-order valence-electron chi connectivity index (χ1n) is 2.46. The van der Waals surface area contributed by atoms with Crippen LogP contribution in [-0.2, 0) is 0 Å². The Bertz CT molecular complexity index is 120. The van der Waals surface area contributed by atoms with E-state index >= 15 is 0 Å². The van der Waals surface area contributed by atoms with Crippen LogP contribution in [0.2, 0.25) is 0 Å². The Morgan fingerprint density at radius 3 is 2.62 bits per heavy atom. The Morgan fingerprint density at radius 1 is 1.62 bits per heavy atom. The van der Waals surface area contributed by atoms with Crippen LogP contribution >= 0.6 is 11.8 Å². The van der Waals surface area contributed by atoms with Crippen molar-refractivity contribution < 1.29 is 4.39 Å². The Hall–Kier alpha value is -0.230. The molecule has 44 valence electrons. The maximum atomic E-state index is 12.3. The van der Waals surface area contributed by atoms with Gasteiger partial charge in [0.05, 0.1) is 12.0 Å². The lowest BCUT2D eigenvalue weighted by molar-refractivity contribution is 0.325. The highest BCUT2D eigenvalue weighted by atomic mass is 32.2. The molecule has 0 aliphatic carbocycles. The second-order valence-electron chi connectivity index (χ2n) is 1.79. The predicted molar refractivity (Wildman–Crippen MR) is 31.3 cm³/mol. The summed E-state index contributed by atoms with van der Waals surface area (Å²) >= 11 is 1.52. The van der Waals surface area contributed by atoms with Crippen molar-refractivity contribution in [2.75, 3.05) is 11.5 Å². The number of thioether (sulfide) groups is 1. The van der Waals surface area contributed by atoms with Crippen LogP contribution in [0.25, 0.3) is 0 Å². The Labute approximate surface area is 51.9 Å². The van der Waals surface area contributed by atoms with E-state index < -0.39 is 6.17 Å². The largest absolute Gasteiger partial charge is 0.245 e. The fraction of sp³-hybridized carbons (Fsp3) is 0.800. The Balaban J connectivity index is 2.45. The van der Waals surface area contributed by atoms with Gasteiger partial charge in [0.25, 0.3) is 0 Å². The zero-order valence-corrected chi connectivity index (χ0v) is 5.12. The van der Waals surface area contributed by atoms with Crippen molar-refractivity contribution >= 4 is 11.8 Å². The quantitative estimate of drug-likeness (QED) is 0.493. The summed E-state index contributed by atoms with van der Waals surface area (Å²) in [6, 6.07) is 1.92. The summed E-state index contributed by atoms with van der Waals surface area (Å²) in [4.78, 5) is 0. The molecule has 1 rings (SSSR count). The molecular weight excluding hydrogens is 125 g/mol. The number of hydrogen-bond acceptors (Lipinski definition) is 2. The molecule has 1 aliphatic heterocycles. The number of nitrogens with zero attached hydrogens (tertiary/aromatic N) is 1. The lowest BCUT2D eigenvalue weighted by Gasteiger charge is -1.96. The number of nitriles is 1. The SMILES string of the molecule is N#C[C@H]1CSC[C@H]1F. The molecule has 1 heterocycles. The van der Waals surface area contributed by atoms with Crippen molar-refractivity contribution in [1.29, 1.82) is 5.26 Å². The van der Waals surface area contributed by atoms with Gasteiger partial charge in [-0.25, -0.2) is 4.39 Å². The smallest absolute Gasteiger partial charge is 0.126 e. The van der Waals surface area contributed by atoms with Crippen molar-refractivity contribution in [3.63, 3.8) is 0 Å². The first-order chi connectivity index (χ1) is 3.84. The van der Waals surface area contributed by atoms with Crippen molar-refractivity contribution in [3.05, 3.63) is 0 Å². The van der Waals surface area contributed by atoms with E-state index in [0.29, 0.717) is 11.5 Å². The third-order valence-corrected chi connectivity index (χ3v) is 2.33. The average molecular weight is 131 g/mol. The van der Waals surface area contributed by atoms with Gasteiger partial charge in [0.2, 0.25) is 0 Å². The molecule has 3 heteroatoms. The molecule has 1 saturated heterocycles. The first-order valence-corrected chi connectivity index (χ1v) is 3.61. The van der Waals surface area contributed by atoms with E-state index in [4.69, 9.17) is 5.26 Å². The Kier molecular flexibility index (Phi) is 1.74. The predicted octanol–water partition coefficient (Wildman–Crippen LogP) is 1.21. The molecule has 1 nitrogen and oxygen atoms in total. The van der Waals surface area contributed by atoms with Crippen molar-refractivity contribution in [2.45, 2.75) is 6.17 Å². The topological polar surface area (TPSA) is 23.8 Å². The molecule has 0 aromatic rings. The molecule has 0 N–H and O–H groups in total. The van der Waals surface area contributed by atoms with Gasteiger partial charge in [-0.2, -0.15) is 17.0 Å². The third-order valence-electron chi connectivity index (χ3n) is 1.18. The molecule has 0 amide bonds. The van der Waals surface area contributed by atoms with Gasteiger partial charge in [-0.05, 0) is 0 Å². The molecular formula is C5H6FNS. The van der Waals surface area contributed by atoms with E-state index in [1.807, 2.05) is 6.07 Å². The normalized spacial score (nSPS) is 37.0. The van der Waals surface area contributed by atoms with Gasteiger partial charge in [0.1, 0.15) is 6.17 Å². The summed E-state index contributed by atoms with van der Waals surface area (Å²) in [5.41, 5.74) is 0. The highest BCUT2D eigenvalue weighted by Gasteiger charge is 2.26. The van der Waals surface area contributed by atoms with Crippen LogP contribution < -0.4 is 0 Å². The molecule has 0 unspecified atom stereocenters. The minimum absolute atomic E-state index is 0.333. The number of alkyl halides is 1. The molecule has 2 atom stereocenters. The minimum Gasteiger partial charge on any atom is -0.245 e. The van der Waals surface area contributed by atoms with Gasteiger partial charge in [0.15, 0.2) is 0 Å². The molecule has 0 spiro atoms. The lowest BCUT2D eigenvalue weighted by Crippen LogP contribution is -2.09. The molecule has 8 heavy (non-hydrogen) atoms. The summed E-state index contributed by atoms with van der Waals surface area (Å²) in [6.45, 7) is 0. The van der Waals surface area contributed by atoms with E-state index in [0.717, 1.165) is 0 Å². The average Bonchev–Trinajstić information content (AvgIpc) is 2.14. The monoisotopic (exact) mass is 131 g/mol. The van der Waals surface area contributed by atoms with Crippen LogP contribution in [0.4, 0.5) is 4.39 Å². The highest BCUT2D eigenvalue weighted by molar-refractivity contribution is 7.99. The highest BCUT2D eigenvalue weighted by Crippen LogP contribution is 2.25. The van der Waals surface area contributed by atoms with Crippen LogP contribution in [0, 0.1) is 17.2 Å². The molecule has 0 saturated carbocycles. The maximum Gasteiger partial charge on any atom is 0.126 e. The maximum absolute atomic E-state index is 12.3. The van der Waals surface area contributed by atoms with E-state index in [-0.39, 0.29) is 5.92 Å². The summed E-state index contributed by atoms with van der Waals surface area (Å²) in [7, 11) is 0. The van der Waals surface area contributed by atoms with Gasteiger partial charge < -0.3 is 0 Å². The fourth-order valence-electron chi connectivity index (χ4n) is 0.646. The standard InChI is InChI=1S/C5H6FNS/c6-5-3-8-2-4(5)1-7/h4-5H,2-3H2/t4-,5+/m0/s1. The molecule has 1 fully saturated rings. The molecule has 0 aromatic carbocycles. The summed E-state index contributed by atoms with van der Waals surface area (Å²) in [5, 5.41) is 8.23. The van der Waals surface area contributed by atoms with Gasteiger partial charge in [-0.15, -0.1) is 0 Å². The van der Waals surface area contributed by atoms with Crippen LogP contribution in [0.3, 0.4) is 0 Å². The molecule has 1 aliphatic rings. The molecule has 0 bridgehead atoms. The summed E-state index contributed by atoms with van der Waals surface area (Å²) < 4.78 is 12.3.